The maximum Gasteiger partial charge on any atom is 0.402 e. The maximum absolute atomic E-state index is 12.2. The first-order chi connectivity index (χ1) is 11.9. The summed E-state index contributed by atoms with van der Waals surface area (Å²) in [6, 6.07) is 0.0330. The van der Waals surface area contributed by atoms with Crippen molar-refractivity contribution in [2.75, 3.05) is 19.6 Å². The smallest absolute Gasteiger partial charge is 0.307 e. The second-order valence-corrected chi connectivity index (χ2v) is 8.92. The Morgan fingerprint density at radius 3 is 2.31 bits per heavy atom. The average molecular weight is 399 g/mol. The Hall–Kier alpha value is -1.31. The van der Waals surface area contributed by atoms with Gasteiger partial charge in [-0.3, -0.25) is 0 Å². The van der Waals surface area contributed by atoms with Crippen molar-refractivity contribution in [1.29, 1.82) is 0 Å². The van der Waals surface area contributed by atoms with Crippen LogP contribution < -0.4 is 10.0 Å². The molecular weight excluding hydrogens is 375 g/mol. The molecule has 0 amide bonds. The lowest BCUT2D eigenvalue weighted by Gasteiger charge is -2.31. The van der Waals surface area contributed by atoms with Crippen molar-refractivity contribution in [2.45, 2.75) is 57.9 Å². The molecule has 0 unspecified atom stereocenters. The summed E-state index contributed by atoms with van der Waals surface area (Å²) >= 11 is 0. The predicted molar refractivity (Wildman–Crippen MR) is 87.2 cm³/mol. The van der Waals surface area contributed by atoms with Gasteiger partial charge in [-0.25, -0.2) is 0 Å². The van der Waals surface area contributed by atoms with Gasteiger partial charge in [0.25, 0.3) is 10.2 Å². The fraction of sp³-hybridized carbons (Fsp3) is 0.923. The van der Waals surface area contributed by atoms with Crippen molar-refractivity contribution < 1.29 is 21.6 Å². The van der Waals surface area contributed by atoms with Gasteiger partial charge in [0.15, 0.2) is 5.82 Å². The van der Waals surface area contributed by atoms with E-state index in [1.807, 2.05) is 20.8 Å². The first-order valence-corrected chi connectivity index (χ1v) is 9.65. The number of aromatic nitrogens is 4. The number of tetrazole rings is 1. The lowest BCUT2D eigenvalue weighted by molar-refractivity contribution is -0.121. The topological polar surface area (TPSA) is 105 Å². The molecule has 150 valence electrons. The molecule has 2 N–H and O–H groups in total. The molecule has 9 nitrogen and oxygen atoms in total. The Morgan fingerprint density at radius 1 is 1.19 bits per heavy atom. The molecule has 1 aromatic heterocycles. The predicted octanol–water partition coefficient (Wildman–Crippen LogP) is 0.379. The molecule has 26 heavy (non-hydrogen) atoms. The van der Waals surface area contributed by atoms with E-state index in [-0.39, 0.29) is 24.7 Å². The van der Waals surface area contributed by atoms with Gasteiger partial charge in [-0.15, -0.1) is 10.2 Å². The van der Waals surface area contributed by atoms with Crippen LogP contribution >= 0.6 is 0 Å². The molecule has 0 aliphatic carbocycles. The van der Waals surface area contributed by atoms with Crippen LogP contribution in [0, 0.1) is 0 Å². The number of hydrogen-bond donors (Lipinski definition) is 2. The fourth-order valence-corrected chi connectivity index (χ4v) is 3.62. The van der Waals surface area contributed by atoms with Crippen LogP contribution in [0.3, 0.4) is 0 Å². The number of alkyl halides is 3. The van der Waals surface area contributed by atoms with Crippen LogP contribution in [0.4, 0.5) is 13.2 Å². The minimum Gasteiger partial charge on any atom is -0.307 e. The van der Waals surface area contributed by atoms with E-state index in [1.165, 1.54) is 4.80 Å². The number of piperidine rings is 1. The third kappa shape index (κ3) is 6.14. The average Bonchev–Trinajstić information content (AvgIpc) is 3.00. The summed E-state index contributed by atoms with van der Waals surface area (Å²) in [6.07, 6.45) is -3.61. The van der Waals surface area contributed by atoms with E-state index >= 15 is 0 Å². The molecular formula is C13H24F3N7O2S. The Morgan fingerprint density at radius 2 is 1.81 bits per heavy atom. The summed E-state index contributed by atoms with van der Waals surface area (Å²) in [7, 11) is -4.12. The zero-order valence-corrected chi connectivity index (χ0v) is 15.7. The van der Waals surface area contributed by atoms with Crippen LogP contribution in [0.1, 0.15) is 39.4 Å². The summed E-state index contributed by atoms with van der Waals surface area (Å²) in [6.45, 7) is 4.97. The van der Waals surface area contributed by atoms with Gasteiger partial charge in [0, 0.05) is 19.1 Å². The van der Waals surface area contributed by atoms with Crippen LogP contribution in [0.25, 0.3) is 0 Å². The van der Waals surface area contributed by atoms with E-state index in [4.69, 9.17) is 0 Å². The molecule has 2 rings (SSSR count). The molecule has 1 aromatic rings. The first kappa shape index (κ1) is 21.0. The number of hydrogen-bond acceptors (Lipinski definition) is 6. The zero-order chi connectivity index (χ0) is 19.6. The standard InChI is InChI=1S/C13H24F3N7O2S/c1-12(2,3)23-20-11(19-21-23)8-17-10-4-6-22(7-5-10)26(24,25)18-9-13(14,15)16/h10,17-18H,4-9H2,1-3H3. The van der Waals surface area contributed by atoms with Gasteiger partial charge >= 0.3 is 6.18 Å². The quantitative estimate of drug-likeness (QED) is 0.717. The second-order valence-electron chi connectivity index (χ2n) is 7.16. The van der Waals surface area contributed by atoms with Crippen molar-refractivity contribution in [3.8, 4) is 0 Å². The van der Waals surface area contributed by atoms with Crippen molar-refractivity contribution in [3.05, 3.63) is 5.82 Å². The van der Waals surface area contributed by atoms with Gasteiger partial charge in [0.2, 0.25) is 0 Å². The summed E-state index contributed by atoms with van der Waals surface area (Å²) < 4.78 is 62.9. The van der Waals surface area contributed by atoms with Crippen LogP contribution in [0.5, 0.6) is 0 Å². The Balaban J connectivity index is 1.79. The molecule has 1 aliphatic heterocycles. The SMILES string of the molecule is CC(C)(C)n1nnc(CNC2CCN(S(=O)(=O)NCC(F)(F)F)CC2)n1. The van der Waals surface area contributed by atoms with Gasteiger partial charge in [0.1, 0.15) is 6.54 Å². The van der Waals surface area contributed by atoms with Gasteiger partial charge < -0.3 is 5.32 Å². The first-order valence-electron chi connectivity index (χ1n) is 8.21. The molecule has 1 fully saturated rings. The lowest BCUT2D eigenvalue weighted by atomic mass is 10.1. The molecule has 0 atom stereocenters. The normalized spacial score (nSPS) is 18.4. The lowest BCUT2D eigenvalue weighted by Crippen LogP contribution is -2.50. The van der Waals surface area contributed by atoms with E-state index < -0.39 is 22.9 Å². The van der Waals surface area contributed by atoms with Gasteiger partial charge in [-0.1, -0.05) is 0 Å². The van der Waals surface area contributed by atoms with Crippen LogP contribution in [-0.4, -0.2) is 64.8 Å². The van der Waals surface area contributed by atoms with Gasteiger partial charge in [0.05, 0.1) is 12.1 Å². The van der Waals surface area contributed by atoms with Crippen molar-refractivity contribution in [3.63, 3.8) is 0 Å². The van der Waals surface area contributed by atoms with E-state index in [2.05, 4.69) is 20.7 Å². The Kier molecular flexibility index (Phi) is 6.25. The highest BCUT2D eigenvalue weighted by molar-refractivity contribution is 7.87. The summed E-state index contributed by atoms with van der Waals surface area (Å²) in [5.74, 6) is 0.529. The number of nitrogens with one attached hydrogen (secondary N) is 2. The molecule has 0 saturated carbocycles. The fourth-order valence-electron chi connectivity index (χ4n) is 2.40. The van der Waals surface area contributed by atoms with Crippen molar-refractivity contribution in [2.24, 2.45) is 0 Å². The third-order valence-electron chi connectivity index (χ3n) is 3.85. The van der Waals surface area contributed by atoms with Gasteiger partial charge in [-0.05, 0) is 38.8 Å². The molecule has 13 heteroatoms. The molecule has 0 spiro atoms. The van der Waals surface area contributed by atoms with E-state index in [9.17, 15) is 21.6 Å². The number of nitrogens with zero attached hydrogens (tertiary/aromatic N) is 5. The summed E-state index contributed by atoms with van der Waals surface area (Å²) in [5.41, 5.74) is -0.269. The minimum absolute atomic E-state index is 0.0330. The Labute approximate surface area is 150 Å². The van der Waals surface area contributed by atoms with Crippen LogP contribution in [-0.2, 0) is 22.3 Å². The summed E-state index contributed by atoms with van der Waals surface area (Å²) in [5, 5.41) is 15.5. The molecule has 2 heterocycles. The molecule has 0 bridgehead atoms. The van der Waals surface area contributed by atoms with Gasteiger partial charge in [-0.2, -0.15) is 35.4 Å². The third-order valence-corrected chi connectivity index (χ3v) is 5.41. The number of rotatable bonds is 6. The van der Waals surface area contributed by atoms with E-state index in [1.54, 1.807) is 4.72 Å². The zero-order valence-electron chi connectivity index (χ0n) is 14.9. The highest BCUT2D eigenvalue weighted by atomic mass is 32.2. The highest BCUT2D eigenvalue weighted by Gasteiger charge is 2.33. The Bertz CT molecular complexity index is 691. The van der Waals surface area contributed by atoms with Crippen LogP contribution in [0.15, 0.2) is 0 Å². The van der Waals surface area contributed by atoms with E-state index in [0.29, 0.717) is 25.2 Å². The van der Waals surface area contributed by atoms with Crippen molar-refractivity contribution in [1.82, 2.24) is 34.6 Å². The highest BCUT2D eigenvalue weighted by Crippen LogP contribution is 2.17. The maximum atomic E-state index is 12.2. The summed E-state index contributed by atoms with van der Waals surface area (Å²) in [4.78, 5) is 1.52. The van der Waals surface area contributed by atoms with Crippen molar-refractivity contribution >= 4 is 10.2 Å². The minimum atomic E-state index is -4.58. The molecule has 1 aliphatic rings. The molecule has 0 aromatic carbocycles. The number of halogens is 3. The monoisotopic (exact) mass is 399 g/mol. The largest absolute Gasteiger partial charge is 0.402 e. The van der Waals surface area contributed by atoms with Crippen LogP contribution in [0.2, 0.25) is 0 Å². The molecule has 1 saturated heterocycles. The second kappa shape index (κ2) is 7.74. The molecule has 0 radical (unpaired) electrons. The van der Waals surface area contributed by atoms with E-state index in [0.717, 1.165) is 4.31 Å².